The summed E-state index contributed by atoms with van der Waals surface area (Å²) in [6, 6.07) is 0. The van der Waals surface area contributed by atoms with Gasteiger partial charge in [-0.1, -0.05) is 6.92 Å². The van der Waals surface area contributed by atoms with Crippen LogP contribution in [0.4, 0.5) is 0 Å². The number of nitrogens with one attached hydrogen (secondary N) is 1. The van der Waals surface area contributed by atoms with Crippen molar-refractivity contribution < 1.29 is 4.74 Å². The van der Waals surface area contributed by atoms with Crippen LogP contribution in [-0.2, 0) is 6.42 Å². The lowest BCUT2D eigenvalue weighted by atomic mass is 10.2. The molecule has 0 aromatic carbocycles. The second-order valence-corrected chi connectivity index (χ2v) is 2.97. The summed E-state index contributed by atoms with van der Waals surface area (Å²) in [5.74, 6) is 0.643. The first-order valence-electron chi connectivity index (χ1n) is 4.93. The van der Waals surface area contributed by atoms with Gasteiger partial charge in [-0.3, -0.25) is 4.98 Å². The summed E-state index contributed by atoms with van der Waals surface area (Å²) < 4.78 is 5.11. The summed E-state index contributed by atoms with van der Waals surface area (Å²) in [7, 11) is 1.62. The van der Waals surface area contributed by atoms with Gasteiger partial charge in [0.2, 0.25) is 5.88 Å². The van der Waals surface area contributed by atoms with E-state index in [-0.39, 0.29) is 0 Å². The fourth-order valence-electron chi connectivity index (χ4n) is 1.25. The molecule has 0 aliphatic rings. The van der Waals surface area contributed by atoms with Crippen LogP contribution in [0.25, 0.3) is 0 Å². The fourth-order valence-corrected chi connectivity index (χ4v) is 1.25. The van der Waals surface area contributed by atoms with Gasteiger partial charge >= 0.3 is 0 Å². The Balaban J connectivity index is 2.41. The largest absolute Gasteiger partial charge is 0.480 e. The molecule has 1 heterocycles. The topological polar surface area (TPSA) is 47.0 Å². The molecule has 0 fully saturated rings. The maximum Gasteiger partial charge on any atom is 0.235 e. The number of hydrogen-bond acceptors (Lipinski definition) is 4. The highest BCUT2D eigenvalue weighted by Gasteiger charge is 2.03. The predicted molar refractivity (Wildman–Crippen MR) is 55.4 cm³/mol. The van der Waals surface area contributed by atoms with Crippen molar-refractivity contribution in [3.8, 4) is 5.88 Å². The summed E-state index contributed by atoms with van der Waals surface area (Å²) in [6.45, 7) is 4.12. The van der Waals surface area contributed by atoms with E-state index in [4.69, 9.17) is 4.74 Å². The molecule has 4 nitrogen and oxygen atoms in total. The number of nitrogens with zero attached hydrogens (tertiary/aromatic N) is 2. The second kappa shape index (κ2) is 6.32. The Morgan fingerprint density at radius 1 is 1.36 bits per heavy atom. The molecule has 0 atom stereocenters. The third kappa shape index (κ3) is 3.30. The van der Waals surface area contributed by atoms with E-state index in [9.17, 15) is 0 Å². The molecular formula is C10H17N3O. The van der Waals surface area contributed by atoms with Crippen molar-refractivity contribution in [3.05, 3.63) is 18.1 Å². The first-order chi connectivity index (χ1) is 6.88. The number of aromatic nitrogens is 2. The Labute approximate surface area is 84.7 Å². The lowest BCUT2D eigenvalue weighted by molar-refractivity contribution is 0.388. The lowest BCUT2D eigenvalue weighted by Crippen LogP contribution is -2.15. The summed E-state index contributed by atoms with van der Waals surface area (Å²) in [5.41, 5.74) is 0.938. The molecule has 0 saturated heterocycles. The van der Waals surface area contributed by atoms with Crippen molar-refractivity contribution >= 4 is 0 Å². The molecule has 0 amide bonds. The fraction of sp³-hybridized carbons (Fsp3) is 0.600. The SMILES string of the molecule is CCNCCCc1nccnc1OC. The zero-order valence-electron chi connectivity index (χ0n) is 8.79. The van der Waals surface area contributed by atoms with Gasteiger partial charge < -0.3 is 10.1 Å². The summed E-state index contributed by atoms with van der Waals surface area (Å²) in [5, 5.41) is 3.27. The molecule has 1 rings (SSSR count). The van der Waals surface area contributed by atoms with Gasteiger partial charge in [0.15, 0.2) is 0 Å². The van der Waals surface area contributed by atoms with Crippen LogP contribution in [0.3, 0.4) is 0 Å². The van der Waals surface area contributed by atoms with Crippen LogP contribution in [0, 0.1) is 0 Å². The van der Waals surface area contributed by atoms with Gasteiger partial charge in [0, 0.05) is 12.4 Å². The summed E-state index contributed by atoms with van der Waals surface area (Å²) in [4.78, 5) is 8.32. The minimum Gasteiger partial charge on any atom is -0.480 e. The van der Waals surface area contributed by atoms with Gasteiger partial charge in [-0.2, -0.15) is 0 Å². The quantitative estimate of drug-likeness (QED) is 0.689. The van der Waals surface area contributed by atoms with Gasteiger partial charge in [-0.05, 0) is 25.9 Å². The molecule has 0 aliphatic carbocycles. The van der Waals surface area contributed by atoms with Gasteiger partial charge in [-0.25, -0.2) is 4.98 Å². The van der Waals surface area contributed by atoms with Crippen LogP contribution in [0.2, 0.25) is 0 Å². The molecule has 0 radical (unpaired) electrons. The summed E-state index contributed by atoms with van der Waals surface area (Å²) in [6.07, 6.45) is 5.31. The molecule has 4 heteroatoms. The van der Waals surface area contributed by atoms with Crippen LogP contribution >= 0.6 is 0 Å². The molecule has 0 aliphatic heterocycles. The van der Waals surface area contributed by atoms with Gasteiger partial charge in [-0.15, -0.1) is 0 Å². The van der Waals surface area contributed by atoms with E-state index in [1.54, 1.807) is 19.5 Å². The van der Waals surface area contributed by atoms with E-state index in [0.29, 0.717) is 5.88 Å². The summed E-state index contributed by atoms with van der Waals surface area (Å²) >= 11 is 0. The molecule has 0 unspecified atom stereocenters. The molecule has 14 heavy (non-hydrogen) atoms. The molecule has 0 bridgehead atoms. The van der Waals surface area contributed by atoms with Crippen LogP contribution < -0.4 is 10.1 Å². The van der Waals surface area contributed by atoms with Crippen LogP contribution in [0.1, 0.15) is 19.0 Å². The molecular weight excluding hydrogens is 178 g/mol. The zero-order chi connectivity index (χ0) is 10.2. The molecule has 1 aromatic rings. The number of hydrogen-bond donors (Lipinski definition) is 1. The minimum atomic E-state index is 0.643. The highest BCUT2D eigenvalue weighted by atomic mass is 16.5. The van der Waals surface area contributed by atoms with E-state index >= 15 is 0 Å². The Morgan fingerprint density at radius 2 is 2.14 bits per heavy atom. The predicted octanol–water partition coefficient (Wildman–Crippen LogP) is 1.03. The Morgan fingerprint density at radius 3 is 2.86 bits per heavy atom. The molecule has 1 N–H and O–H groups in total. The van der Waals surface area contributed by atoms with Crippen molar-refractivity contribution in [2.45, 2.75) is 19.8 Å². The first kappa shape index (κ1) is 10.9. The lowest BCUT2D eigenvalue weighted by Gasteiger charge is -2.05. The Kier molecular flexibility index (Phi) is 4.93. The van der Waals surface area contributed by atoms with Crippen LogP contribution in [-0.4, -0.2) is 30.2 Å². The average Bonchev–Trinajstić information content (AvgIpc) is 2.25. The van der Waals surface area contributed by atoms with Crippen molar-refractivity contribution in [2.75, 3.05) is 20.2 Å². The van der Waals surface area contributed by atoms with Crippen LogP contribution in [0.15, 0.2) is 12.4 Å². The average molecular weight is 195 g/mol. The third-order valence-electron chi connectivity index (χ3n) is 1.95. The number of ether oxygens (including phenoxy) is 1. The maximum absolute atomic E-state index is 5.11. The molecule has 1 aromatic heterocycles. The van der Waals surface area contributed by atoms with Crippen molar-refractivity contribution in [1.82, 2.24) is 15.3 Å². The van der Waals surface area contributed by atoms with Gasteiger partial charge in [0.1, 0.15) is 5.69 Å². The molecule has 78 valence electrons. The van der Waals surface area contributed by atoms with Crippen molar-refractivity contribution in [3.63, 3.8) is 0 Å². The van der Waals surface area contributed by atoms with Crippen LogP contribution in [0.5, 0.6) is 5.88 Å². The normalized spacial score (nSPS) is 10.1. The Hall–Kier alpha value is -1.16. The van der Waals surface area contributed by atoms with E-state index in [1.807, 2.05) is 0 Å². The minimum absolute atomic E-state index is 0.643. The highest BCUT2D eigenvalue weighted by Crippen LogP contribution is 2.11. The van der Waals surface area contributed by atoms with E-state index < -0.39 is 0 Å². The third-order valence-corrected chi connectivity index (χ3v) is 1.95. The zero-order valence-corrected chi connectivity index (χ0v) is 8.79. The van der Waals surface area contributed by atoms with E-state index in [2.05, 4.69) is 22.2 Å². The van der Waals surface area contributed by atoms with E-state index in [0.717, 1.165) is 31.6 Å². The Bertz CT molecular complexity index is 265. The molecule has 0 saturated carbocycles. The number of rotatable bonds is 6. The highest BCUT2D eigenvalue weighted by molar-refractivity contribution is 5.16. The van der Waals surface area contributed by atoms with Crippen molar-refractivity contribution in [1.29, 1.82) is 0 Å². The monoisotopic (exact) mass is 195 g/mol. The molecule has 0 spiro atoms. The number of aryl methyl sites for hydroxylation is 1. The van der Waals surface area contributed by atoms with Crippen molar-refractivity contribution in [2.24, 2.45) is 0 Å². The maximum atomic E-state index is 5.11. The number of methoxy groups -OCH3 is 1. The smallest absolute Gasteiger partial charge is 0.235 e. The first-order valence-corrected chi connectivity index (χ1v) is 4.93. The van der Waals surface area contributed by atoms with Gasteiger partial charge in [0.05, 0.1) is 7.11 Å². The van der Waals surface area contributed by atoms with E-state index in [1.165, 1.54) is 0 Å². The van der Waals surface area contributed by atoms with Gasteiger partial charge in [0.25, 0.3) is 0 Å². The standard InChI is InChI=1S/C10H17N3O/c1-3-11-6-4-5-9-10(14-2)13-8-7-12-9/h7-8,11H,3-6H2,1-2H3. The second-order valence-electron chi connectivity index (χ2n) is 2.97.